The Labute approximate surface area is 207 Å². The monoisotopic (exact) mass is 490 g/mol. The van der Waals surface area contributed by atoms with Crippen LogP contribution in [0.3, 0.4) is 0 Å². The maximum Gasteiger partial charge on any atom is 0.328 e. The average Bonchev–Trinajstić information content (AvgIpc) is 3.24. The predicted octanol–water partition coefficient (Wildman–Crippen LogP) is 4.09. The van der Waals surface area contributed by atoms with Gasteiger partial charge in [0.05, 0.1) is 12.7 Å². The minimum Gasteiger partial charge on any atom is -0.497 e. The molecule has 0 radical (unpaired) electrons. The maximum atomic E-state index is 12.8. The Hall–Kier alpha value is -3.74. The number of thiophene rings is 1. The molecule has 1 aromatic carbocycles. The Morgan fingerprint density at radius 2 is 2.11 bits per heavy atom. The van der Waals surface area contributed by atoms with E-state index >= 15 is 0 Å². The molecule has 35 heavy (non-hydrogen) atoms. The lowest BCUT2D eigenvalue weighted by Gasteiger charge is -2.22. The third-order valence-electron chi connectivity index (χ3n) is 5.91. The lowest BCUT2D eigenvalue weighted by Crippen LogP contribution is -2.35. The first-order valence-corrected chi connectivity index (χ1v) is 12.1. The largest absolute Gasteiger partial charge is 0.497 e. The molecule has 0 saturated heterocycles. The number of esters is 1. The number of nitrogens with zero attached hydrogens (tertiary/aromatic N) is 2. The zero-order valence-corrected chi connectivity index (χ0v) is 20.4. The average molecular weight is 491 g/mol. The number of aromatic nitrogens is 1. The number of ether oxygens (including phenoxy) is 2. The molecule has 4 rings (SSSR count). The minimum atomic E-state index is -0.681. The van der Waals surface area contributed by atoms with Crippen LogP contribution >= 0.6 is 11.3 Å². The smallest absolute Gasteiger partial charge is 0.328 e. The molecule has 2 aromatic heterocycles. The van der Waals surface area contributed by atoms with Gasteiger partial charge in [0.25, 0.3) is 0 Å². The van der Waals surface area contributed by atoms with Gasteiger partial charge in [0, 0.05) is 30.2 Å². The fourth-order valence-electron chi connectivity index (χ4n) is 4.03. The highest BCUT2D eigenvalue weighted by atomic mass is 32.1. The molecule has 0 saturated carbocycles. The summed E-state index contributed by atoms with van der Waals surface area (Å²) in [5, 5.41) is 16.4. The van der Waals surface area contributed by atoms with Gasteiger partial charge in [0.1, 0.15) is 29.5 Å². The Balaban J connectivity index is 1.46. The summed E-state index contributed by atoms with van der Waals surface area (Å²) in [5.74, 6) is 0.0860. The first-order chi connectivity index (χ1) is 17.0. The van der Waals surface area contributed by atoms with E-state index in [1.54, 1.807) is 31.6 Å². The van der Waals surface area contributed by atoms with Crippen LogP contribution in [0.4, 0.5) is 5.00 Å². The molecule has 0 fully saturated rings. The van der Waals surface area contributed by atoms with Crippen molar-refractivity contribution in [2.24, 2.45) is 0 Å². The fraction of sp³-hybridized carbons (Fsp3) is 0.308. The number of hydrogen-bond donors (Lipinski definition) is 2. The van der Waals surface area contributed by atoms with Crippen molar-refractivity contribution in [3.63, 3.8) is 0 Å². The van der Waals surface area contributed by atoms with Gasteiger partial charge < -0.3 is 14.8 Å². The van der Waals surface area contributed by atoms with Gasteiger partial charge in [-0.05, 0) is 53.3 Å². The molecule has 9 heteroatoms. The van der Waals surface area contributed by atoms with Crippen molar-refractivity contribution in [2.75, 3.05) is 19.0 Å². The standard InChI is InChI=1S/C26H26N4O4S/c1-16(18-4-3-5-19(13-18)33-2)12-22(31)30-25-21(14-27)20-8-11-29-23(24(20)35-25)26(32)34-15-17-6-9-28-10-7-17/h3-7,9-10,13,16,23,29H,8,11-12,15H2,1-2H3,(H,30,31). The zero-order valence-electron chi connectivity index (χ0n) is 19.5. The van der Waals surface area contributed by atoms with Crippen LogP contribution in [0.25, 0.3) is 0 Å². The Kier molecular flexibility index (Phi) is 7.75. The van der Waals surface area contributed by atoms with Gasteiger partial charge in [-0.2, -0.15) is 5.26 Å². The van der Waals surface area contributed by atoms with Gasteiger partial charge in [-0.3, -0.25) is 15.1 Å². The van der Waals surface area contributed by atoms with Crippen LogP contribution in [0, 0.1) is 11.3 Å². The van der Waals surface area contributed by atoms with E-state index in [-0.39, 0.29) is 24.9 Å². The quantitative estimate of drug-likeness (QED) is 0.457. The third kappa shape index (κ3) is 5.67. The molecule has 0 bridgehead atoms. The molecule has 1 aliphatic rings. The topological polar surface area (TPSA) is 113 Å². The van der Waals surface area contributed by atoms with Gasteiger partial charge in [-0.25, -0.2) is 4.79 Å². The van der Waals surface area contributed by atoms with Gasteiger partial charge >= 0.3 is 5.97 Å². The number of carbonyl (C=O) groups excluding carboxylic acids is 2. The second-order valence-corrected chi connectivity index (χ2v) is 9.34. The van der Waals surface area contributed by atoms with Gasteiger partial charge in [0.2, 0.25) is 5.91 Å². The number of fused-ring (bicyclic) bond motifs is 1. The first-order valence-electron chi connectivity index (χ1n) is 11.3. The van der Waals surface area contributed by atoms with Gasteiger partial charge in [-0.1, -0.05) is 19.1 Å². The van der Waals surface area contributed by atoms with Crippen molar-refractivity contribution < 1.29 is 19.1 Å². The first kappa shape index (κ1) is 24.4. The third-order valence-corrected chi connectivity index (χ3v) is 7.12. The van der Waals surface area contributed by atoms with E-state index in [2.05, 4.69) is 21.7 Å². The number of pyridine rings is 1. The molecule has 8 nitrogen and oxygen atoms in total. The normalized spacial score (nSPS) is 15.4. The Bertz CT molecular complexity index is 1250. The van der Waals surface area contributed by atoms with E-state index in [0.717, 1.165) is 22.4 Å². The van der Waals surface area contributed by atoms with Crippen molar-refractivity contribution in [1.29, 1.82) is 5.26 Å². The molecule has 1 aliphatic heterocycles. The molecule has 3 aromatic rings. The van der Waals surface area contributed by atoms with Crippen LogP contribution in [0.5, 0.6) is 5.75 Å². The van der Waals surface area contributed by atoms with Crippen molar-refractivity contribution in [2.45, 2.75) is 38.3 Å². The number of carbonyl (C=O) groups is 2. The summed E-state index contributed by atoms with van der Waals surface area (Å²) >= 11 is 1.25. The molecule has 180 valence electrons. The van der Waals surface area contributed by atoms with Gasteiger partial charge in [0.15, 0.2) is 0 Å². The van der Waals surface area contributed by atoms with Crippen molar-refractivity contribution in [3.05, 3.63) is 75.9 Å². The maximum absolute atomic E-state index is 12.8. The zero-order chi connectivity index (χ0) is 24.8. The van der Waals surface area contributed by atoms with Crippen LogP contribution < -0.4 is 15.4 Å². The van der Waals surface area contributed by atoms with Crippen LogP contribution in [0.2, 0.25) is 0 Å². The van der Waals surface area contributed by atoms with E-state index in [0.29, 0.717) is 28.4 Å². The van der Waals surface area contributed by atoms with Crippen molar-refractivity contribution >= 4 is 28.2 Å². The van der Waals surface area contributed by atoms with Crippen molar-refractivity contribution in [3.8, 4) is 11.8 Å². The highest BCUT2D eigenvalue weighted by Crippen LogP contribution is 2.40. The van der Waals surface area contributed by atoms with Gasteiger partial charge in [-0.15, -0.1) is 11.3 Å². The van der Waals surface area contributed by atoms with Crippen LogP contribution in [0.15, 0.2) is 48.8 Å². The number of anilines is 1. The highest BCUT2D eigenvalue weighted by molar-refractivity contribution is 7.17. The van der Waals surface area contributed by atoms with E-state index in [1.165, 1.54) is 11.3 Å². The number of nitrogens with one attached hydrogen (secondary N) is 2. The summed E-state index contributed by atoms with van der Waals surface area (Å²) in [5.41, 5.74) is 3.04. The van der Waals surface area contributed by atoms with Crippen LogP contribution in [-0.4, -0.2) is 30.5 Å². The minimum absolute atomic E-state index is 0.0391. The van der Waals surface area contributed by atoms with E-state index < -0.39 is 12.0 Å². The van der Waals surface area contributed by atoms with E-state index in [9.17, 15) is 14.9 Å². The summed E-state index contributed by atoms with van der Waals surface area (Å²) in [7, 11) is 1.61. The second-order valence-electron chi connectivity index (χ2n) is 8.29. The number of benzene rings is 1. The van der Waals surface area contributed by atoms with Crippen LogP contribution in [-0.2, 0) is 27.4 Å². The SMILES string of the molecule is COc1cccc(C(C)CC(=O)Nc2sc3c(c2C#N)CCNC3C(=O)OCc2ccncc2)c1. The molecular weight excluding hydrogens is 464 g/mol. The molecule has 1 amide bonds. The van der Waals surface area contributed by atoms with Crippen LogP contribution in [0.1, 0.15) is 52.4 Å². The molecular formula is C26H26N4O4S. The molecule has 0 spiro atoms. The highest BCUT2D eigenvalue weighted by Gasteiger charge is 2.33. The summed E-state index contributed by atoms with van der Waals surface area (Å²) in [6.45, 7) is 2.64. The number of methoxy groups -OCH3 is 1. The molecule has 2 unspecified atom stereocenters. The fourth-order valence-corrected chi connectivity index (χ4v) is 5.31. The summed E-state index contributed by atoms with van der Waals surface area (Å²) in [6, 6.07) is 12.7. The lowest BCUT2D eigenvalue weighted by atomic mass is 9.97. The summed E-state index contributed by atoms with van der Waals surface area (Å²) in [6.07, 6.45) is 4.13. The lowest BCUT2D eigenvalue weighted by molar-refractivity contribution is -0.147. The summed E-state index contributed by atoms with van der Waals surface area (Å²) in [4.78, 5) is 30.4. The Morgan fingerprint density at radius 1 is 1.31 bits per heavy atom. The van der Waals surface area contributed by atoms with E-state index in [4.69, 9.17) is 9.47 Å². The predicted molar refractivity (Wildman–Crippen MR) is 132 cm³/mol. The summed E-state index contributed by atoms with van der Waals surface area (Å²) < 4.78 is 10.8. The number of nitriles is 1. The molecule has 2 atom stereocenters. The number of hydrogen-bond acceptors (Lipinski definition) is 8. The number of amides is 1. The van der Waals surface area contributed by atoms with Crippen molar-refractivity contribution in [1.82, 2.24) is 10.3 Å². The molecule has 3 heterocycles. The molecule has 2 N–H and O–H groups in total. The second kappa shape index (κ2) is 11.1. The van der Waals surface area contributed by atoms with E-state index in [1.807, 2.05) is 31.2 Å². The Morgan fingerprint density at radius 3 is 2.86 bits per heavy atom. The number of rotatable bonds is 8. The molecule has 0 aliphatic carbocycles.